The average Bonchev–Trinajstić information content (AvgIpc) is 2.71. The van der Waals surface area contributed by atoms with Gasteiger partial charge in [0.25, 0.3) is 5.91 Å². The van der Waals surface area contributed by atoms with Crippen molar-refractivity contribution in [2.45, 2.75) is 39.9 Å². The molecule has 2 aromatic carbocycles. The molecule has 0 aromatic heterocycles. The van der Waals surface area contributed by atoms with E-state index in [4.69, 9.17) is 4.74 Å². The average molecular weight is 412 g/mol. The third kappa shape index (κ3) is 7.58. The molecule has 7 heteroatoms. The van der Waals surface area contributed by atoms with Crippen molar-refractivity contribution in [3.63, 3.8) is 0 Å². The fourth-order valence-corrected chi connectivity index (χ4v) is 2.63. The summed E-state index contributed by atoms with van der Waals surface area (Å²) in [7, 11) is 1.67. The van der Waals surface area contributed by atoms with E-state index in [-0.39, 0.29) is 24.6 Å². The van der Waals surface area contributed by atoms with Crippen LogP contribution in [0.2, 0.25) is 0 Å². The summed E-state index contributed by atoms with van der Waals surface area (Å²) in [6.07, 6.45) is 0. The Morgan fingerprint density at radius 2 is 1.57 bits per heavy atom. The van der Waals surface area contributed by atoms with Crippen LogP contribution in [0.3, 0.4) is 0 Å². The van der Waals surface area contributed by atoms with Crippen LogP contribution >= 0.6 is 0 Å². The molecule has 0 aliphatic carbocycles. The summed E-state index contributed by atoms with van der Waals surface area (Å²) in [4.78, 5) is 37.6. The molecule has 0 aliphatic rings. The van der Waals surface area contributed by atoms with E-state index >= 15 is 0 Å². The van der Waals surface area contributed by atoms with Crippen molar-refractivity contribution < 1.29 is 19.1 Å². The Kier molecular flexibility index (Phi) is 8.41. The van der Waals surface area contributed by atoms with Gasteiger partial charge < -0.3 is 20.3 Å². The van der Waals surface area contributed by atoms with E-state index < -0.39 is 5.97 Å². The van der Waals surface area contributed by atoms with Gasteiger partial charge >= 0.3 is 12.0 Å². The van der Waals surface area contributed by atoms with Gasteiger partial charge in [0.1, 0.15) is 0 Å². The standard InChI is InChI=1S/C23H29N3O4/c1-16(2)25-23(29)24-13-18-9-11-20(12-10-18)22(28)30-15-21(27)26(4)14-19-7-5-17(3)6-8-19/h5-12,16H,13-15H2,1-4H3,(H2,24,25,29). The monoisotopic (exact) mass is 411 g/mol. The van der Waals surface area contributed by atoms with Crippen molar-refractivity contribution in [2.75, 3.05) is 13.7 Å². The molecule has 160 valence electrons. The quantitative estimate of drug-likeness (QED) is 0.654. The third-order valence-electron chi connectivity index (χ3n) is 4.36. The van der Waals surface area contributed by atoms with Gasteiger partial charge in [0.05, 0.1) is 5.56 Å². The second-order valence-corrected chi connectivity index (χ2v) is 7.49. The first kappa shape index (κ1) is 22.9. The van der Waals surface area contributed by atoms with E-state index in [1.165, 1.54) is 4.90 Å². The SMILES string of the molecule is Cc1ccc(CN(C)C(=O)COC(=O)c2ccc(CNC(=O)NC(C)C)cc2)cc1. The van der Waals surface area contributed by atoms with E-state index in [2.05, 4.69) is 10.6 Å². The number of carbonyl (C=O) groups is 3. The van der Waals surface area contributed by atoms with Gasteiger partial charge in [-0.25, -0.2) is 9.59 Å². The van der Waals surface area contributed by atoms with Crippen LogP contribution in [-0.2, 0) is 22.6 Å². The molecular weight excluding hydrogens is 382 g/mol. The molecule has 3 amide bonds. The predicted octanol–water partition coefficient (Wildman–Crippen LogP) is 3.02. The van der Waals surface area contributed by atoms with E-state index in [9.17, 15) is 14.4 Å². The number of esters is 1. The molecule has 0 aliphatic heterocycles. The minimum Gasteiger partial charge on any atom is -0.452 e. The molecule has 2 N–H and O–H groups in total. The number of amides is 3. The van der Waals surface area contributed by atoms with Crippen molar-refractivity contribution >= 4 is 17.9 Å². The van der Waals surface area contributed by atoms with Gasteiger partial charge in [-0.15, -0.1) is 0 Å². The Hall–Kier alpha value is -3.35. The molecule has 0 atom stereocenters. The number of ether oxygens (including phenoxy) is 1. The predicted molar refractivity (Wildman–Crippen MR) is 115 cm³/mol. The molecule has 0 heterocycles. The van der Waals surface area contributed by atoms with Crippen LogP contribution in [0.5, 0.6) is 0 Å². The smallest absolute Gasteiger partial charge is 0.338 e. The van der Waals surface area contributed by atoms with Gasteiger partial charge in [0, 0.05) is 26.2 Å². The topological polar surface area (TPSA) is 87.7 Å². The van der Waals surface area contributed by atoms with Crippen molar-refractivity contribution in [3.05, 3.63) is 70.8 Å². The van der Waals surface area contributed by atoms with Crippen LogP contribution in [0.1, 0.15) is 40.9 Å². The van der Waals surface area contributed by atoms with Crippen LogP contribution in [0, 0.1) is 6.92 Å². The number of aryl methyl sites for hydroxylation is 1. The van der Waals surface area contributed by atoms with Gasteiger partial charge in [0.15, 0.2) is 6.61 Å². The van der Waals surface area contributed by atoms with Crippen molar-refractivity contribution in [2.24, 2.45) is 0 Å². The molecule has 30 heavy (non-hydrogen) atoms. The molecule has 0 saturated carbocycles. The number of nitrogens with one attached hydrogen (secondary N) is 2. The van der Waals surface area contributed by atoms with E-state index in [1.54, 1.807) is 31.3 Å². The fourth-order valence-electron chi connectivity index (χ4n) is 2.63. The number of benzene rings is 2. The summed E-state index contributed by atoms with van der Waals surface area (Å²) >= 11 is 0. The molecule has 0 bridgehead atoms. The van der Waals surface area contributed by atoms with Gasteiger partial charge in [0.2, 0.25) is 0 Å². The Balaban J connectivity index is 1.79. The van der Waals surface area contributed by atoms with Gasteiger partial charge in [-0.1, -0.05) is 42.0 Å². The summed E-state index contributed by atoms with van der Waals surface area (Å²) < 4.78 is 5.14. The molecule has 2 aromatic rings. The number of hydrogen-bond donors (Lipinski definition) is 2. The lowest BCUT2D eigenvalue weighted by molar-refractivity contribution is -0.133. The number of urea groups is 1. The highest BCUT2D eigenvalue weighted by Crippen LogP contribution is 2.08. The Morgan fingerprint density at radius 3 is 2.17 bits per heavy atom. The minimum absolute atomic E-state index is 0.0563. The number of rotatable bonds is 8. The second kappa shape index (κ2) is 11.0. The molecule has 0 saturated heterocycles. The maximum Gasteiger partial charge on any atom is 0.338 e. The second-order valence-electron chi connectivity index (χ2n) is 7.49. The third-order valence-corrected chi connectivity index (χ3v) is 4.36. The highest BCUT2D eigenvalue weighted by atomic mass is 16.5. The van der Waals surface area contributed by atoms with Crippen LogP contribution in [0.15, 0.2) is 48.5 Å². The van der Waals surface area contributed by atoms with Crippen LogP contribution in [0.4, 0.5) is 4.79 Å². The lowest BCUT2D eigenvalue weighted by Crippen LogP contribution is -2.39. The van der Waals surface area contributed by atoms with E-state index in [0.717, 1.165) is 16.7 Å². The highest BCUT2D eigenvalue weighted by Gasteiger charge is 2.14. The first-order valence-electron chi connectivity index (χ1n) is 9.84. The van der Waals surface area contributed by atoms with Crippen LogP contribution in [-0.4, -0.2) is 42.5 Å². The lowest BCUT2D eigenvalue weighted by atomic mass is 10.1. The van der Waals surface area contributed by atoms with Crippen LogP contribution < -0.4 is 10.6 Å². The van der Waals surface area contributed by atoms with E-state index in [1.807, 2.05) is 45.0 Å². The Morgan fingerprint density at radius 1 is 0.967 bits per heavy atom. The van der Waals surface area contributed by atoms with Crippen LogP contribution in [0.25, 0.3) is 0 Å². The first-order chi connectivity index (χ1) is 14.2. The summed E-state index contributed by atoms with van der Waals surface area (Å²) in [5, 5.41) is 5.47. The summed E-state index contributed by atoms with van der Waals surface area (Å²) in [5.41, 5.74) is 3.36. The molecule has 7 nitrogen and oxygen atoms in total. The zero-order valence-electron chi connectivity index (χ0n) is 17.9. The normalized spacial score (nSPS) is 10.4. The maximum absolute atomic E-state index is 12.2. The number of carbonyl (C=O) groups excluding carboxylic acids is 3. The van der Waals surface area contributed by atoms with Gasteiger partial charge in [-0.2, -0.15) is 0 Å². The molecule has 2 rings (SSSR count). The highest BCUT2D eigenvalue weighted by molar-refractivity contribution is 5.91. The number of hydrogen-bond acceptors (Lipinski definition) is 4. The largest absolute Gasteiger partial charge is 0.452 e. The van der Waals surface area contributed by atoms with Crippen molar-refractivity contribution in [3.8, 4) is 0 Å². The Bertz CT molecular complexity index is 861. The van der Waals surface area contributed by atoms with Crippen molar-refractivity contribution in [1.29, 1.82) is 0 Å². The molecule has 0 radical (unpaired) electrons. The minimum atomic E-state index is -0.566. The van der Waals surface area contributed by atoms with E-state index in [0.29, 0.717) is 18.7 Å². The summed E-state index contributed by atoms with van der Waals surface area (Å²) in [5.74, 6) is -0.843. The zero-order valence-corrected chi connectivity index (χ0v) is 17.9. The summed E-state index contributed by atoms with van der Waals surface area (Å²) in [6.45, 7) is 6.24. The molecule has 0 unspecified atom stereocenters. The fraction of sp³-hybridized carbons (Fsp3) is 0.348. The number of nitrogens with zero attached hydrogens (tertiary/aromatic N) is 1. The first-order valence-corrected chi connectivity index (χ1v) is 9.84. The molecule has 0 spiro atoms. The molecular formula is C23H29N3O4. The van der Waals surface area contributed by atoms with Gasteiger partial charge in [-0.05, 0) is 44.0 Å². The van der Waals surface area contributed by atoms with Gasteiger partial charge in [-0.3, -0.25) is 4.79 Å². The Labute approximate surface area is 177 Å². The van der Waals surface area contributed by atoms with Crippen molar-refractivity contribution in [1.82, 2.24) is 15.5 Å². The lowest BCUT2D eigenvalue weighted by Gasteiger charge is -2.17. The summed E-state index contributed by atoms with van der Waals surface area (Å²) in [6, 6.07) is 14.4. The number of likely N-dealkylation sites (N-methyl/N-ethyl adjacent to an activating group) is 1. The molecule has 0 fully saturated rings. The maximum atomic E-state index is 12.2. The zero-order chi connectivity index (χ0) is 22.1.